The first kappa shape index (κ1) is 11.2. The predicted molar refractivity (Wildman–Crippen MR) is 56.9 cm³/mol. The molecule has 0 aromatic heterocycles. The molecule has 0 unspecified atom stereocenters. The van der Waals surface area contributed by atoms with Gasteiger partial charge in [-0.3, -0.25) is 0 Å². The van der Waals surface area contributed by atoms with Crippen LogP contribution in [0.4, 0.5) is 0 Å². The zero-order valence-corrected chi connectivity index (χ0v) is 8.77. The summed E-state index contributed by atoms with van der Waals surface area (Å²) in [5, 5.41) is 19.3. The molecule has 1 aromatic rings. The first-order valence-electron chi connectivity index (χ1n) is 5.15. The zero-order valence-electron chi connectivity index (χ0n) is 8.77. The topological polar surface area (TPSA) is 40.5 Å². The number of hydrogen-bond donors (Lipinski definition) is 2. The molecule has 1 rings (SSSR count). The molecule has 0 fully saturated rings. The normalized spacial score (nSPS) is 15.1. The summed E-state index contributed by atoms with van der Waals surface area (Å²) in [4.78, 5) is 0. The van der Waals surface area contributed by atoms with Gasteiger partial charge in [-0.25, -0.2) is 0 Å². The van der Waals surface area contributed by atoms with Crippen molar-refractivity contribution in [1.82, 2.24) is 0 Å². The SMILES string of the molecule is CC[C@H](O)c1cccc([C@@H](O)CC)c1. The first-order chi connectivity index (χ1) is 6.69. The summed E-state index contributed by atoms with van der Waals surface area (Å²) in [5.41, 5.74) is 1.77. The Labute approximate surface area is 85.2 Å². The fourth-order valence-electron chi connectivity index (χ4n) is 1.44. The average Bonchev–Trinajstić information content (AvgIpc) is 2.27. The minimum absolute atomic E-state index is 0.418. The van der Waals surface area contributed by atoms with E-state index in [1.54, 1.807) is 0 Å². The van der Waals surface area contributed by atoms with Gasteiger partial charge in [0.05, 0.1) is 12.2 Å². The second kappa shape index (κ2) is 5.13. The summed E-state index contributed by atoms with van der Waals surface area (Å²) in [6, 6.07) is 7.53. The molecule has 0 spiro atoms. The first-order valence-corrected chi connectivity index (χ1v) is 5.15. The Balaban J connectivity index is 2.89. The van der Waals surface area contributed by atoms with Crippen LogP contribution in [0.25, 0.3) is 0 Å². The number of aliphatic hydroxyl groups is 2. The van der Waals surface area contributed by atoms with Crippen molar-refractivity contribution in [2.75, 3.05) is 0 Å². The summed E-state index contributed by atoms with van der Waals surface area (Å²) < 4.78 is 0. The quantitative estimate of drug-likeness (QED) is 0.773. The highest BCUT2D eigenvalue weighted by Gasteiger charge is 2.08. The van der Waals surface area contributed by atoms with Crippen LogP contribution in [0.15, 0.2) is 24.3 Å². The van der Waals surface area contributed by atoms with E-state index in [-0.39, 0.29) is 0 Å². The van der Waals surface area contributed by atoms with Crippen LogP contribution < -0.4 is 0 Å². The summed E-state index contributed by atoms with van der Waals surface area (Å²) >= 11 is 0. The number of aliphatic hydroxyl groups excluding tert-OH is 2. The molecule has 0 bridgehead atoms. The van der Waals surface area contributed by atoms with Crippen LogP contribution in [0, 0.1) is 0 Å². The molecule has 78 valence electrons. The lowest BCUT2D eigenvalue weighted by molar-refractivity contribution is 0.167. The molecule has 2 atom stereocenters. The molecule has 1 aromatic carbocycles. The molecule has 2 heteroatoms. The van der Waals surface area contributed by atoms with Crippen molar-refractivity contribution in [3.8, 4) is 0 Å². The van der Waals surface area contributed by atoms with Gasteiger partial charge in [0.15, 0.2) is 0 Å². The van der Waals surface area contributed by atoms with Crippen LogP contribution in [0.3, 0.4) is 0 Å². The van der Waals surface area contributed by atoms with E-state index >= 15 is 0 Å². The van der Waals surface area contributed by atoms with E-state index in [0.717, 1.165) is 11.1 Å². The molecule has 0 radical (unpaired) electrons. The molecule has 0 aliphatic carbocycles. The molecule has 0 heterocycles. The van der Waals surface area contributed by atoms with Crippen LogP contribution in [0.1, 0.15) is 50.0 Å². The Kier molecular flexibility index (Phi) is 4.11. The second-order valence-electron chi connectivity index (χ2n) is 3.52. The van der Waals surface area contributed by atoms with Gasteiger partial charge in [0.25, 0.3) is 0 Å². The zero-order chi connectivity index (χ0) is 10.6. The van der Waals surface area contributed by atoms with Crippen LogP contribution in [0.2, 0.25) is 0 Å². The van der Waals surface area contributed by atoms with Gasteiger partial charge in [-0.2, -0.15) is 0 Å². The largest absolute Gasteiger partial charge is 0.388 e. The van der Waals surface area contributed by atoms with Crippen LogP contribution in [-0.2, 0) is 0 Å². The minimum Gasteiger partial charge on any atom is -0.388 e. The highest BCUT2D eigenvalue weighted by atomic mass is 16.3. The fourth-order valence-corrected chi connectivity index (χ4v) is 1.44. The molecule has 2 nitrogen and oxygen atoms in total. The Hall–Kier alpha value is -0.860. The van der Waals surface area contributed by atoms with Gasteiger partial charge in [0.2, 0.25) is 0 Å². The summed E-state index contributed by atoms with van der Waals surface area (Å²) in [6.45, 7) is 3.88. The lowest BCUT2D eigenvalue weighted by Crippen LogP contribution is -1.99. The van der Waals surface area contributed by atoms with E-state index in [4.69, 9.17) is 0 Å². The third-order valence-electron chi connectivity index (χ3n) is 2.45. The van der Waals surface area contributed by atoms with Gasteiger partial charge in [-0.05, 0) is 24.0 Å². The van der Waals surface area contributed by atoms with Crippen LogP contribution in [-0.4, -0.2) is 10.2 Å². The summed E-state index contributed by atoms with van der Waals surface area (Å²) in [7, 11) is 0. The van der Waals surface area contributed by atoms with Crippen molar-refractivity contribution in [2.45, 2.75) is 38.9 Å². The number of rotatable bonds is 4. The fraction of sp³-hybridized carbons (Fsp3) is 0.500. The molecule has 2 N–H and O–H groups in total. The third-order valence-corrected chi connectivity index (χ3v) is 2.45. The van der Waals surface area contributed by atoms with E-state index in [9.17, 15) is 10.2 Å². The summed E-state index contributed by atoms with van der Waals surface area (Å²) in [5.74, 6) is 0. The lowest BCUT2D eigenvalue weighted by Gasteiger charge is -2.12. The Bertz CT molecular complexity index is 258. The van der Waals surface area contributed by atoms with Gasteiger partial charge in [-0.1, -0.05) is 38.1 Å². The predicted octanol–water partition coefficient (Wildman–Crippen LogP) is 2.57. The molecule has 0 aliphatic rings. The van der Waals surface area contributed by atoms with E-state index in [1.165, 1.54) is 0 Å². The molecule has 0 amide bonds. The minimum atomic E-state index is -0.418. The Morgan fingerprint density at radius 1 is 1.00 bits per heavy atom. The third kappa shape index (κ3) is 2.56. The van der Waals surface area contributed by atoms with Gasteiger partial charge in [0, 0.05) is 0 Å². The molecular weight excluding hydrogens is 176 g/mol. The van der Waals surface area contributed by atoms with Crippen molar-refractivity contribution in [3.63, 3.8) is 0 Å². The highest BCUT2D eigenvalue weighted by molar-refractivity contribution is 5.26. The highest BCUT2D eigenvalue weighted by Crippen LogP contribution is 2.22. The monoisotopic (exact) mass is 194 g/mol. The maximum absolute atomic E-state index is 9.63. The van der Waals surface area contributed by atoms with Gasteiger partial charge >= 0.3 is 0 Å². The number of benzene rings is 1. The van der Waals surface area contributed by atoms with E-state index in [1.807, 2.05) is 38.1 Å². The Morgan fingerprint density at radius 2 is 1.43 bits per heavy atom. The van der Waals surface area contributed by atoms with Crippen LogP contribution in [0.5, 0.6) is 0 Å². The average molecular weight is 194 g/mol. The molecule has 0 saturated heterocycles. The van der Waals surface area contributed by atoms with Crippen molar-refractivity contribution < 1.29 is 10.2 Å². The van der Waals surface area contributed by atoms with E-state index < -0.39 is 12.2 Å². The molecule has 0 saturated carbocycles. The van der Waals surface area contributed by atoms with Crippen molar-refractivity contribution in [3.05, 3.63) is 35.4 Å². The maximum Gasteiger partial charge on any atom is 0.0787 e. The second-order valence-corrected chi connectivity index (χ2v) is 3.52. The standard InChI is InChI=1S/C12H18O2/c1-3-11(13)9-6-5-7-10(8-9)12(14)4-2/h5-8,11-14H,3-4H2,1-2H3/t11-,12-/m0/s1. The van der Waals surface area contributed by atoms with Crippen LogP contribution >= 0.6 is 0 Å². The van der Waals surface area contributed by atoms with Crippen molar-refractivity contribution >= 4 is 0 Å². The van der Waals surface area contributed by atoms with Gasteiger partial charge in [0.1, 0.15) is 0 Å². The van der Waals surface area contributed by atoms with Crippen molar-refractivity contribution in [2.24, 2.45) is 0 Å². The molecule has 0 aliphatic heterocycles. The summed E-state index contributed by atoms with van der Waals surface area (Å²) in [6.07, 6.45) is 0.565. The smallest absolute Gasteiger partial charge is 0.0787 e. The molecule has 14 heavy (non-hydrogen) atoms. The molecular formula is C12H18O2. The lowest BCUT2D eigenvalue weighted by atomic mass is 10.0. The van der Waals surface area contributed by atoms with Gasteiger partial charge in [-0.15, -0.1) is 0 Å². The number of hydrogen-bond acceptors (Lipinski definition) is 2. The van der Waals surface area contributed by atoms with E-state index in [2.05, 4.69) is 0 Å². The van der Waals surface area contributed by atoms with Gasteiger partial charge < -0.3 is 10.2 Å². The Morgan fingerprint density at radius 3 is 1.79 bits per heavy atom. The van der Waals surface area contributed by atoms with E-state index in [0.29, 0.717) is 12.8 Å². The maximum atomic E-state index is 9.63. The van der Waals surface area contributed by atoms with Crippen molar-refractivity contribution in [1.29, 1.82) is 0 Å².